The van der Waals surface area contributed by atoms with Gasteiger partial charge in [-0.1, -0.05) is 36.4 Å². The molecule has 25 heavy (non-hydrogen) atoms. The van der Waals surface area contributed by atoms with Crippen molar-refractivity contribution in [1.29, 1.82) is 0 Å². The average Bonchev–Trinajstić information content (AvgIpc) is 3.17. The molecule has 5 heteroatoms. The molecule has 0 unspecified atom stereocenters. The predicted octanol–water partition coefficient (Wildman–Crippen LogP) is 4.20. The fourth-order valence-corrected chi connectivity index (χ4v) is 4.74. The van der Waals surface area contributed by atoms with Crippen molar-refractivity contribution in [2.45, 2.75) is 19.4 Å². The lowest BCUT2D eigenvalue weighted by molar-refractivity contribution is 0.317. The van der Waals surface area contributed by atoms with Crippen LogP contribution in [0.2, 0.25) is 0 Å². The van der Waals surface area contributed by atoms with E-state index in [2.05, 4.69) is 65.3 Å². The molecule has 1 fully saturated rings. The molecule has 2 aromatic carbocycles. The molecule has 3 nitrogen and oxygen atoms in total. The Bertz CT molecular complexity index is 833. The summed E-state index contributed by atoms with van der Waals surface area (Å²) in [6, 6.07) is 17.5. The summed E-state index contributed by atoms with van der Waals surface area (Å²) in [7, 11) is 0. The largest absolute Gasteiger partial charge is 0.330 e. The van der Waals surface area contributed by atoms with Crippen molar-refractivity contribution in [3.8, 4) is 0 Å². The zero-order valence-corrected chi connectivity index (χ0v) is 16.0. The van der Waals surface area contributed by atoms with Crippen LogP contribution in [0.15, 0.2) is 48.5 Å². The van der Waals surface area contributed by atoms with Crippen molar-refractivity contribution in [2.75, 3.05) is 19.6 Å². The van der Waals surface area contributed by atoms with Crippen molar-refractivity contribution in [3.05, 3.63) is 64.7 Å². The monoisotopic (exact) mass is 373 g/mol. The first kappa shape index (κ1) is 18.3. The lowest BCUT2D eigenvalue weighted by atomic mass is 9.89. The van der Waals surface area contributed by atoms with Gasteiger partial charge < -0.3 is 5.73 Å². The number of nitrogens with two attached hydrogens (primary N) is 1. The summed E-state index contributed by atoms with van der Waals surface area (Å²) in [5, 5.41) is 1.13. The minimum atomic E-state index is 0. The summed E-state index contributed by atoms with van der Waals surface area (Å²) in [5.41, 5.74) is 9.97. The van der Waals surface area contributed by atoms with Crippen molar-refractivity contribution in [2.24, 2.45) is 11.7 Å². The van der Waals surface area contributed by atoms with Crippen LogP contribution < -0.4 is 5.73 Å². The third-order valence-electron chi connectivity index (χ3n) is 5.01. The van der Waals surface area contributed by atoms with Crippen LogP contribution in [0.5, 0.6) is 0 Å². The van der Waals surface area contributed by atoms with Crippen LogP contribution in [0.25, 0.3) is 10.2 Å². The lowest BCUT2D eigenvalue weighted by Crippen LogP contribution is -2.23. The molecular formula is C20H24ClN3S. The fraction of sp³-hybridized carbons (Fsp3) is 0.350. The SMILES string of the molecule is Cc1nc2ccc(CN3C[C@@H](CN)[C@H](c4ccccc4)C3)cc2s1.Cl. The molecule has 2 heterocycles. The minimum Gasteiger partial charge on any atom is -0.330 e. The number of rotatable bonds is 4. The number of hydrogen-bond donors (Lipinski definition) is 1. The van der Waals surface area contributed by atoms with Crippen LogP contribution in [0.4, 0.5) is 0 Å². The molecule has 0 bridgehead atoms. The van der Waals surface area contributed by atoms with E-state index in [-0.39, 0.29) is 12.4 Å². The third kappa shape index (κ3) is 3.87. The Morgan fingerprint density at radius 1 is 1.16 bits per heavy atom. The molecule has 1 aliphatic rings. The van der Waals surface area contributed by atoms with Crippen molar-refractivity contribution in [1.82, 2.24) is 9.88 Å². The number of aryl methyl sites for hydroxylation is 1. The predicted molar refractivity (Wildman–Crippen MR) is 109 cm³/mol. The van der Waals surface area contributed by atoms with Crippen LogP contribution >= 0.6 is 23.7 Å². The van der Waals surface area contributed by atoms with Crippen molar-refractivity contribution >= 4 is 34.0 Å². The van der Waals surface area contributed by atoms with E-state index in [1.165, 1.54) is 15.8 Å². The molecule has 2 N–H and O–H groups in total. The van der Waals surface area contributed by atoms with Crippen LogP contribution in [-0.4, -0.2) is 29.5 Å². The highest BCUT2D eigenvalue weighted by molar-refractivity contribution is 7.18. The number of nitrogens with zero attached hydrogens (tertiary/aromatic N) is 2. The van der Waals surface area contributed by atoms with Crippen molar-refractivity contribution < 1.29 is 0 Å². The lowest BCUT2D eigenvalue weighted by Gasteiger charge is -2.17. The van der Waals surface area contributed by atoms with E-state index < -0.39 is 0 Å². The zero-order valence-electron chi connectivity index (χ0n) is 14.4. The number of thiazole rings is 1. The number of aromatic nitrogens is 1. The van der Waals surface area contributed by atoms with Crippen molar-refractivity contribution in [3.63, 3.8) is 0 Å². The molecule has 1 aliphatic heterocycles. The summed E-state index contributed by atoms with van der Waals surface area (Å²) in [6.07, 6.45) is 0. The molecule has 3 aromatic rings. The summed E-state index contributed by atoms with van der Waals surface area (Å²) < 4.78 is 1.29. The van der Waals surface area contributed by atoms with Gasteiger partial charge in [0.15, 0.2) is 0 Å². The summed E-state index contributed by atoms with van der Waals surface area (Å²) in [6.45, 7) is 5.98. The maximum Gasteiger partial charge on any atom is 0.0907 e. The summed E-state index contributed by atoms with van der Waals surface area (Å²) >= 11 is 1.78. The highest BCUT2D eigenvalue weighted by atomic mass is 35.5. The highest BCUT2D eigenvalue weighted by Crippen LogP contribution is 2.33. The van der Waals surface area contributed by atoms with E-state index in [0.717, 1.165) is 36.7 Å². The second kappa shape index (κ2) is 7.83. The van der Waals surface area contributed by atoms with Gasteiger partial charge in [-0.3, -0.25) is 4.90 Å². The molecule has 2 atom stereocenters. The number of likely N-dealkylation sites (tertiary alicyclic amines) is 1. The van der Waals surface area contributed by atoms with E-state index in [0.29, 0.717) is 11.8 Å². The Morgan fingerprint density at radius 3 is 2.72 bits per heavy atom. The average molecular weight is 374 g/mol. The van der Waals surface area contributed by atoms with Crippen LogP contribution in [0.1, 0.15) is 22.1 Å². The van der Waals surface area contributed by atoms with Crippen LogP contribution in [0, 0.1) is 12.8 Å². The molecule has 1 saturated heterocycles. The van der Waals surface area contributed by atoms with Gasteiger partial charge in [-0.05, 0) is 42.6 Å². The van der Waals surface area contributed by atoms with Crippen LogP contribution in [0.3, 0.4) is 0 Å². The van der Waals surface area contributed by atoms with E-state index in [1.54, 1.807) is 11.3 Å². The van der Waals surface area contributed by atoms with Gasteiger partial charge in [0.05, 0.1) is 15.2 Å². The summed E-state index contributed by atoms with van der Waals surface area (Å²) in [5.74, 6) is 1.09. The minimum absolute atomic E-state index is 0. The highest BCUT2D eigenvalue weighted by Gasteiger charge is 2.32. The van der Waals surface area contributed by atoms with Gasteiger partial charge in [-0.25, -0.2) is 4.98 Å². The van der Waals surface area contributed by atoms with E-state index in [9.17, 15) is 0 Å². The second-order valence-electron chi connectivity index (χ2n) is 6.74. The molecule has 0 amide bonds. The maximum atomic E-state index is 6.06. The van der Waals surface area contributed by atoms with Gasteiger partial charge in [-0.2, -0.15) is 0 Å². The quantitative estimate of drug-likeness (QED) is 0.745. The number of fused-ring (bicyclic) bond motifs is 1. The van der Waals surface area contributed by atoms with E-state index >= 15 is 0 Å². The number of hydrogen-bond acceptors (Lipinski definition) is 4. The Labute approximate surface area is 159 Å². The molecule has 0 radical (unpaired) electrons. The number of benzene rings is 2. The number of halogens is 1. The van der Waals surface area contributed by atoms with E-state index in [4.69, 9.17) is 5.73 Å². The second-order valence-corrected chi connectivity index (χ2v) is 7.98. The van der Waals surface area contributed by atoms with Gasteiger partial charge in [0, 0.05) is 25.6 Å². The Balaban J connectivity index is 0.00000182. The molecule has 0 spiro atoms. The Kier molecular flexibility index (Phi) is 5.74. The topological polar surface area (TPSA) is 42.2 Å². The molecule has 4 rings (SSSR count). The smallest absolute Gasteiger partial charge is 0.0907 e. The van der Waals surface area contributed by atoms with Gasteiger partial charge in [0.2, 0.25) is 0 Å². The van der Waals surface area contributed by atoms with E-state index in [1.807, 2.05) is 0 Å². The molecule has 132 valence electrons. The maximum absolute atomic E-state index is 6.06. The first-order valence-corrected chi connectivity index (χ1v) is 9.38. The summed E-state index contributed by atoms with van der Waals surface area (Å²) in [4.78, 5) is 7.10. The Morgan fingerprint density at radius 2 is 1.96 bits per heavy atom. The Hall–Kier alpha value is -1.46. The fourth-order valence-electron chi connectivity index (χ4n) is 3.85. The normalized spacial score (nSPS) is 20.7. The first-order valence-electron chi connectivity index (χ1n) is 8.56. The molecule has 0 saturated carbocycles. The van der Waals surface area contributed by atoms with Gasteiger partial charge in [0.1, 0.15) is 0 Å². The van der Waals surface area contributed by atoms with Gasteiger partial charge in [0.25, 0.3) is 0 Å². The third-order valence-corrected chi connectivity index (χ3v) is 5.95. The van der Waals surface area contributed by atoms with Gasteiger partial charge in [-0.15, -0.1) is 23.7 Å². The van der Waals surface area contributed by atoms with Gasteiger partial charge >= 0.3 is 0 Å². The first-order chi connectivity index (χ1) is 11.7. The zero-order chi connectivity index (χ0) is 16.5. The molecule has 1 aromatic heterocycles. The van der Waals surface area contributed by atoms with Crippen LogP contribution in [-0.2, 0) is 6.54 Å². The molecule has 0 aliphatic carbocycles. The molecular weight excluding hydrogens is 350 g/mol. The standard InChI is InChI=1S/C20H23N3S.ClH/c1-14-22-19-8-7-15(9-20(19)24-14)11-23-12-17(10-21)18(13-23)16-5-3-2-4-6-16;/h2-9,17-18H,10-13,21H2,1H3;1H/t17-,18+;/m1./s1.